The van der Waals surface area contributed by atoms with Crippen molar-refractivity contribution in [3.8, 4) is 11.5 Å². The minimum atomic E-state index is -4.03. The fourth-order valence-corrected chi connectivity index (χ4v) is 7.20. The molecule has 4 aromatic carbocycles. The molecule has 0 spiro atoms. The van der Waals surface area contributed by atoms with Crippen LogP contribution >= 0.6 is 21.6 Å². The number of rotatable bonds is 9. The zero-order chi connectivity index (χ0) is 25.8. The normalized spacial score (nSPS) is 11.7. The van der Waals surface area contributed by atoms with Crippen molar-refractivity contribution in [1.82, 2.24) is 0 Å². The second-order valence-electron chi connectivity index (χ2n) is 7.76. The quantitative estimate of drug-likeness (QED) is 0.167. The summed E-state index contributed by atoms with van der Waals surface area (Å²) in [7, 11) is -5.60. The van der Waals surface area contributed by atoms with Crippen molar-refractivity contribution in [3.05, 3.63) is 108 Å². The Bertz CT molecular complexity index is 1440. The van der Waals surface area contributed by atoms with Crippen molar-refractivity contribution in [2.24, 2.45) is 0 Å². The van der Waals surface area contributed by atoms with Crippen LogP contribution in [0.2, 0.25) is 0 Å². The van der Waals surface area contributed by atoms with Crippen molar-refractivity contribution in [2.75, 3.05) is 0 Å². The van der Waals surface area contributed by atoms with E-state index in [-0.39, 0.29) is 21.3 Å². The molecule has 0 aliphatic rings. The molecule has 0 N–H and O–H groups in total. The molecule has 10 heteroatoms. The highest BCUT2D eigenvalue weighted by molar-refractivity contribution is 8.76. The zero-order valence-electron chi connectivity index (χ0n) is 19.3. The predicted octanol–water partition coefficient (Wildman–Crippen LogP) is 6.64. The van der Waals surface area contributed by atoms with Crippen LogP contribution in [0, 0.1) is 13.8 Å². The van der Waals surface area contributed by atoms with Crippen LogP contribution in [-0.4, -0.2) is 16.8 Å². The van der Waals surface area contributed by atoms with Gasteiger partial charge in [-0.1, -0.05) is 59.7 Å². The summed E-state index contributed by atoms with van der Waals surface area (Å²) in [6.45, 7) is 3.74. The van der Waals surface area contributed by atoms with Gasteiger partial charge in [0, 0.05) is 0 Å². The molecule has 6 nitrogen and oxygen atoms in total. The standard InChI is InChI=1S/C26H22O6S4/c1-19-11-15-21(16-12-19)35(27,28)31-23-7-3-5-9-25(23)33-34-26-10-6-4-8-24(26)32-36(29,30)22-17-13-20(2)14-18-22/h3-18H,1-2H3. The number of hydrogen-bond acceptors (Lipinski definition) is 8. The van der Waals surface area contributed by atoms with Gasteiger partial charge in [0.1, 0.15) is 9.79 Å². The first-order valence-corrected chi connectivity index (χ1v) is 15.7. The summed E-state index contributed by atoms with van der Waals surface area (Å²) in [5, 5.41) is 0. The van der Waals surface area contributed by atoms with Gasteiger partial charge in [0.2, 0.25) is 0 Å². The molecule has 0 amide bonds. The molecule has 0 heterocycles. The van der Waals surface area contributed by atoms with Crippen LogP contribution in [0.4, 0.5) is 0 Å². The summed E-state index contributed by atoms with van der Waals surface area (Å²) in [6, 6.07) is 26.3. The van der Waals surface area contributed by atoms with E-state index in [1.807, 2.05) is 13.8 Å². The van der Waals surface area contributed by atoms with Gasteiger partial charge in [-0.25, -0.2) is 0 Å². The van der Waals surface area contributed by atoms with Crippen LogP contribution < -0.4 is 8.37 Å². The van der Waals surface area contributed by atoms with Crippen LogP contribution in [0.3, 0.4) is 0 Å². The van der Waals surface area contributed by atoms with Gasteiger partial charge in [-0.2, -0.15) is 16.8 Å². The van der Waals surface area contributed by atoms with Gasteiger partial charge in [0.05, 0.1) is 9.79 Å². The third kappa shape index (κ3) is 6.44. The number of para-hydroxylation sites is 2. The Labute approximate surface area is 219 Å². The highest BCUT2D eigenvalue weighted by Gasteiger charge is 2.21. The second kappa shape index (κ2) is 11.0. The molecule has 0 saturated heterocycles. The highest BCUT2D eigenvalue weighted by Crippen LogP contribution is 2.45. The second-order valence-corrected chi connectivity index (χ2v) is 13.1. The lowest BCUT2D eigenvalue weighted by molar-refractivity contribution is 0.478. The Morgan fingerprint density at radius 2 is 0.833 bits per heavy atom. The molecular formula is C26H22O6S4. The summed E-state index contributed by atoms with van der Waals surface area (Å²) in [6.07, 6.45) is 0. The fourth-order valence-electron chi connectivity index (χ4n) is 3.01. The van der Waals surface area contributed by atoms with Gasteiger partial charge < -0.3 is 8.37 Å². The molecule has 0 saturated carbocycles. The Morgan fingerprint density at radius 1 is 0.500 bits per heavy atom. The van der Waals surface area contributed by atoms with E-state index in [0.29, 0.717) is 9.79 Å². The van der Waals surface area contributed by atoms with E-state index < -0.39 is 20.2 Å². The van der Waals surface area contributed by atoms with E-state index in [0.717, 1.165) is 11.1 Å². The number of hydrogen-bond donors (Lipinski definition) is 0. The van der Waals surface area contributed by atoms with Crippen molar-refractivity contribution in [1.29, 1.82) is 0 Å². The summed E-state index contributed by atoms with van der Waals surface area (Å²) in [4.78, 5) is 1.21. The van der Waals surface area contributed by atoms with Crippen molar-refractivity contribution >= 4 is 41.8 Å². The first-order chi connectivity index (χ1) is 17.1. The van der Waals surface area contributed by atoms with E-state index in [4.69, 9.17) is 8.37 Å². The lowest BCUT2D eigenvalue weighted by Gasteiger charge is -2.13. The maximum Gasteiger partial charge on any atom is 0.339 e. The van der Waals surface area contributed by atoms with Crippen LogP contribution in [0.5, 0.6) is 11.5 Å². The van der Waals surface area contributed by atoms with Crippen molar-refractivity contribution in [3.63, 3.8) is 0 Å². The Hall–Kier alpha value is -2.92. The van der Waals surface area contributed by atoms with Crippen molar-refractivity contribution in [2.45, 2.75) is 33.4 Å². The lowest BCUT2D eigenvalue weighted by Crippen LogP contribution is -2.10. The molecule has 36 heavy (non-hydrogen) atoms. The van der Waals surface area contributed by atoms with Gasteiger partial charge in [-0.05, 0) is 84.0 Å². The van der Waals surface area contributed by atoms with Gasteiger partial charge in [-0.3, -0.25) is 0 Å². The Morgan fingerprint density at radius 3 is 1.19 bits per heavy atom. The summed E-state index contributed by atoms with van der Waals surface area (Å²) >= 11 is 0. The monoisotopic (exact) mass is 558 g/mol. The molecule has 0 fully saturated rings. The SMILES string of the molecule is Cc1ccc(S(=O)(=O)Oc2ccccc2SSc2ccccc2OS(=O)(=O)c2ccc(C)cc2)cc1. The average Bonchev–Trinajstić information content (AvgIpc) is 2.84. The van der Waals surface area contributed by atoms with Gasteiger partial charge >= 0.3 is 20.2 Å². The highest BCUT2D eigenvalue weighted by atomic mass is 33.1. The topological polar surface area (TPSA) is 86.7 Å². The van der Waals surface area contributed by atoms with E-state index in [9.17, 15) is 16.8 Å². The maximum absolute atomic E-state index is 12.8. The number of aryl methyl sites for hydroxylation is 2. The smallest absolute Gasteiger partial charge is 0.339 e. The largest absolute Gasteiger partial charge is 0.378 e. The summed E-state index contributed by atoms with van der Waals surface area (Å²) < 4.78 is 62.0. The zero-order valence-corrected chi connectivity index (χ0v) is 22.6. The first kappa shape index (κ1) is 26.2. The van der Waals surface area contributed by atoms with Crippen LogP contribution in [0.1, 0.15) is 11.1 Å². The van der Waals surface area contributed by atoms with E-state index in [1.54, 1.807) is 72.8 Å². The Balaban J connectivity index is 1.53. The van der Waals surface area contributed by atoms with Crippen LogP contribution in [0.25, 0.3) is 0 Å². The lowest BCUT2D eigenvalue weighted by atomic mass is 10.2. The maximum atomic E-state index is 12.8. The van der Waals surface area contributed by atoms with Gasteiger partial charge in [-0.15, -0.1) is 0 Å². The van der Waals surface area contributed by atoms with E-state index >= 15 is 0 Å². The van der Waals surface area contributed by atoms with E-state index in [1.165, 1.54) is 45.9 Å². The molecule has 4 rings (SSSR count). The minimum Gasteiger partial charge on any atom is -0.378 e. The third-order valence-corrected chi connectivity index (χ3v) is 9.88. The van der Waals surface area contributed by atoms with Gasteiger partial charge in [0.25, 0.3) is 0 Å². The molecule has 0 aliphatic carbocycles. The molecule has 0 radical (unpaired) electrons. The minimum absolute atomic E-state index is 0.0561. The number of benzene rings is 4. The van der Waals surface area contributed by atoms with Crippen molar-refractivity contribution < 1.29 is 25.2 Å². The molecule has 0 aliphatic heterocycles. The fraction of sp³-hybridized carbons (Fsp3) is 0.0769. The predicted molar refractivity (Wildman–Crippen MR) is 143 cm³/mol. The van der Waals surface area contributed by atoms with Gasteiger partial charge in [0.15, 0.2) is 11.5 Å². The molecule has 186 valence electrons. The molecule has 0 unspecified atom stereocenters. The molecule has 0 atom stereocenters. The first-order valence-electron chi connectivity index (χ1n) is 10.7. The molecule has 4 aromatic rings. The Kier molecular flexibility index (Phi) is 7.99. The average molecular weight is 559 g/mol. The summed E-state index contributed by atoms with van der Waals surface area (Å²) in [5.74, 6) is 0.336. The van der Waals surface area contributed by atoms with E-state index in [2.05, 4.69) is 0 Å². The van der Waals surface area contributed by atoms with Crippen LogP contribution in [-0.2, 0) is 20.2 Å². The molecule has 0 bridgehead atoms. The summed E-state index contributed by atoms with van der Waals surface area (Å²) in [5.41, 5.74) is 1.87. The molecular weight excluding hydrogens is 537 g/mol. The van der Waals surface area contributed by atoms with Crippen LogP contribution in [0.15, 0.2) is 117 Å². The molecule has 0 aromatic heterocycles. The third-order valence-electron chi connectivity index (χ3n) is 4.94.